The van der Waals surface area contributed by atoms with E-state index in [0.717, 1.165) is 24.2 Å². The number of hydrogen-bond donors (Lipinski definition) is 2. The van der Waals surface area contributed by atoms with E-state index < -0.39 is 0 Å². The molecule has 0 radical (unpaired) electrons. The molecule has 0 aromatic carbocycles. The van der Waals surface area contributed by atoms with Gasteiger partial charge in [-0.3, -0.25) is 0 Å². The normalized spacial score (nSPS) is 14.9. The topological polar surface area (TPSA) is 148 Å². The van der Waals surface area contributed by atoms with Gasteiger partial charge in [-0.1, -0.05) is 0 Å². The molecule has 1 atom stereocenters. The van der Waals surface area contributed by atoms with E-state index in [1.165, 1.54) is 0 Å². The monoisotopic (exact) mass is 633 g/mol. The van der Waals surface area contributed by atoms with Crippen LogP contribution in [0.1, 0.15) is 17.8 Å². The Hall–Kier alpha value is -3.44. The number of nitrogens with one attached hydrogen (secondary N) is 2. The molecule has 4 aromatic heterocycles. The molecule has 5 rings (SSSR count). The quantitative estimate of drug-likeness (QED) is 0.236. The molecule has 4 aromatic rings. The van der Waals surface area contributed by atoms with E-state index >= 15 is 0 Å². The van der Waals surface area contributed by atoms with Gasteiger partial charge in [0.15, 0.2) is 0 Å². The Morgan fingerprint density at radius 3 is 2.19 bits per heavy atom. The van der Waals surface area contributed by atoms with Gasteiger partial charge in [-0.15, -0.1) is 0 Å². The number of anilines is 3. The molecule has 12 nitrogen and oxygen atoms in total. The van der Waals surface area contributed by atoms with Crippen LogP contribution in [-0.2, 0) is 22.4 Å². The molecule has 0 bridgehead atoms. The van der Waals surface area contributed by atoms with E-state index in [4.69, 9.17) is 4.74 Å². The Labute approximate surface area is 224 Å². The summed E-state index contributed by atoms with van der Waals surface area (Å²) < 4.78 is 8.52. The summed E-state index contributed by atoms with van der Waals surface area (Å²) in [6.07, 6.45) is 4.69. The van der Waals surface area contributed by atoms with Crippen molar-refractivity contribution in [1.82, 2.24) is 30.4 Å². The summed E-state index contributed by atoms with van der Waals surface area (Å²) in [5.41, 5.74) is 1.42. The van der Waals surface area contributed by atoms with Crippen molar-refractivity contribution in [3.8, 4) is 4.75 Å². The van der Waals surface area contributed by atoms with Gasteiger partial charge in [0, 0.05) is 0 Å². The van der Waals surface area contributed by atoms with Gasteiger partial charge in [0.1, 0.15) is 0 Å². The van der Waals surface area contributed by atoms with Crippen LogP contribution >= 0.6 is 0 Å². The zero-order valence-corrected chi connectivity index (χ0v) is 23.0. The van der Waals surface area contributed by atoms with Crippen LogP contribution in [0.25, 0.3) is 0 Å². The van der Waals surface area contributed by atoms with Gasteiger partial charge in [-0.25, -0.2) is 0 Å². The van der Waals surface area contributed by atoms with Crippen LogP contribution in [0, 0.1) is 5.92 Å². The minimum absolute atomic E-state index is 0.141. The first-order chi connectivity index (χ1) is 18.1. The van der Waals surface area contributed by atoms with E-state index in [9.17, 15) is 9.59 Å². The van der Waals surface area contributed by atoms with E-state index in [1.807, 2.05) is 36.4 Å². The van der Waals surface area contributed by atoms with Gasteiger partial charge >= 0.3 is 225 Å². The van der Waals surface area contributed by atoms with Crippen LogP contribution < -0.4 is 20.3 Å². The zero-order chi connectivity index (χ0) is 25.5. The Morgan fingerprint density at radius 1 is 0.892 bits per heavy atom. The van der Waals surface area contributed by atoms with Crippen molar-refractivity contribution >= 4 is 54.9 Å². The molecule has 2 amide bonds. The summed E-state index contributed by atoms with van der Waals surface area (Å²) in [5.74, 6) is 0.00993. The van der Waals surface area contributed by atoms with Crippen molar-refractivity contribution in [3.05, 3.63) is 60.2 Å². The van der Waals surface area contributed by atoms with Crippen molar-refractivity contribution < 1.29 is 14.3 Å². The molecule has 0 aliphatic carbocycles. The first-order valence-corrected chi connectivity index (χ1v) is 15.0. The fraction of sp³-hybridized carbons (Fsp3) is 0.304. The van der Waals surface area contributed by atoms with Crippen LogP contribution in [0.2, 0.25) is 0 Å². The van der Waals surface area contributed by atoms with E-state index in [0.29, 0.717) is 38.1 Å². The summed E-state index contributed by atoms with van der Waals surface area (Å²) in [6.45, 7) is 2.19. The molecule has 14 heteroatoms. The van der Waals surface area contributed by atoms with Crippen LogP contribution in [0.15, 0.2) is 48.8 Å². The van der Waals surface area contributed by atoms with Crippen molar-refractivity contribution in [2.45, 2.75) is 19.3 Å². The van der Waals surface area contributed by atoms with E-state index in [2.05, 4.69) is 45.9 Å². The molecule has 5 heterocycles. The fourth-order valence-corrected chi connectivity index (χ4v) is 6.68. The van der Waals surface area contributed by atoms with Crippen LogP contribution in [0.3, 0.4) is 0 Å². The Balaban J connectivity index is 1.05. The SMILES string of the molecule is O=C(Cc1ccccn1)Nc1nnc(OC[C@@H]2CCN(c3nnc(NC(=O)Cc4ccccn4)[se]3)C2)[se]1. The Kier molecular flexibility index (Phi) is 8.31. The number of carbonyl (C=O) groups excluding carboxylic acids is 2. The van der Waals surface area contributed by atoms with Crippen molar-refractivity contribution in [2.24, 2.45) is 5.92 Å². The van der Waals surface area contributed by atoms with Crippen LogP contribution in [0.5, 0.6) is 4.75 Å². The summed E-state index contributed by atoms with van der Waals surface area (Å²) in [5, 5.41) is 22.3. The van der Waals surface area contributed by atoms with Gasteiger partial charge in [-0.2, -0.15) is 0 Å². The molecule has 37 heavy (non-hydrogen) atoms. The second-order valence-corrected chi connectivity index (χ2v) is 12.2. The third-order valence-electron chi connectivity index (χ3n) is 5.45. The molecule has 0 unspecified atom stereocenters. The molecule has 1 aliphatic rings. The van der Waals surface area contributed by atoms with E-state index in [1.54, 1.807) is 12.4 Å². The molecule has 1 aliphatic heterocycles. The third-order valence-corrected chi connectivity index (χ3v) is 8.91. The predicted molar refractivity (Wildman–Crippen MR) is 137 cm³/mol. The molecule has 1 saturated heterocycles. The molecular formula is C23H23N9O3Se2. The second-order valence-electron chi connectivity index (χ2n) is 8.27. The van der Waals surface area contributed by atoms with Crippen molar-refractivity contribution in [3.63, 3.8) is 0 Å². The first-order valence-electron chi connectivity index (χ1n) is 11.5. The van der Waals surface area contributed by atoms with Crippen LogP contribution in [-0.4, -0.2) is 90.9 Å². The molecule has 0 saturated carbocycles. The number of pyridine rings is 2. The number of nitrogens with zero attached hydrogens (tertiary/aromatic N) is 7. The number of amides is 2. The van der Waals surface area contributed by atoms with Gasteiger partial charge in [0.05, 0.1) is 0 Å². The number of aromatic nitrogens is 6. The molecule has 2 N–H and O–H groups in total. The van der Waals surface area contributed by atoms with Gasteiger partial charge < -0.3 is 0 Å². The molecular weight excluding hydrogens is 608 g/mol. The number of rotatable bonds is 10. The Morgan fingerprint density at radius 2 is 1.54 bits per heavy atom. The zero-order valence-electron chi connectivity index (χ0n) is 19.6. The number of ether oxygens (including phenoxy) is 1. The summed E-state index contributed by atoms with van der Waals surface area (Å²) in [6, 6.07) is 11.0. The number of hydrogen-bond acceptors (Lipinski definition) is 10. The molecule has 1 fully saturated rings. The summed E-state index contributed by atoms with van der Waals surface area (Å²) in [4.78, 5) is 35.0. The van der Waals surface area contributed by atoms with Gasteiger partial charge in [0.25, 0.3) is 0 Å². The number of carbonyl (C=O) groups is 2. The van der Waals surface area contributed by atoms with Crippen molar-refractivity contribution in [1.29, 1.82) is 0 Å². The average Bonchev–Trinajstić information content (AvgIpc) is 3.65. The second kappa shape index (κ2) is 12.2. The summed E-state index contributed by atoms with van der Waals surface area (Å²) >= 11 is -0.419. The third kappa shape index (κ3) is 7.30. The average molecular weight is 631 g/mol. The molecule has 0 spiro atoms. The first kappa shape index (κ1) is 25.2. The van der Waals surface area contributed by atoms with Crippen LogP contribution in [0.4, 0.5) is 14.1 Å². The van der Waals surface area contributed by atoms with E-state index in [-0.39, 0.29) is 53.7 Å². The van der Waals surface area contributed by atoms with Gasteiger partial charge in [0.2, 0.25) is 0 Å². The molecule has 190 valence electrons. The van der Waals surface area contributed by atoms with Gasteiger partial charge in [-0.05, 0) is 0 Å². The fourth-order valence-electron chi connectivity index (χ4n) is 3.71. The minimum atomic E-state index is -0.271. The maximum absolute atomic E-state index is 12.3. The van der Waals surface area contributed by atoms with Crippen molar-refractivity contribution in [2.75, 3.05) is 35.2 Å². The predicted octanol–water partition coefficient (Wildman–Crippen LogP) is 0.438. The standard InChI is InChI=1S/C23H23N9O3Se2/c33-18(11-16-5-1-3-8-24-16)26-20-28-30-22(36-20)32-10-7-15(13-32)14-35-23-31-29-21(37-23)27-19(34)12-17-6-2-4-9-25-17/h1-6,8-9,15H,7,10-14H2,(H,26,28,33)(H,27,29,34)/t15-/m1/s1. The maximum atomic E-state index is 12.3. The Bertz CT molecular complexity index is 1330. The summed E-state index contributed by atoms with van der Waals surface area (Å²) in [7, 11) is 0.